The van der Waals surface area contributed by atoms with Crippen LogP contribution in [0.4, 0.5) is 14.5 Å². The molecule has 0 bridgehead atoms. The summed E-state index contributed by atoms with van der Waals surface area (Å²) >= 11 is 0. The van der Waals surface area contributed by atoms with Crippen molar-refractivity contribution in [2.75, 3.05) is 19.6 Å². The van der Waals surface area contributed by atoms with Crippen molar-refractivity contribution in [2.24, 2.45) is 11.7 Å². The summed E-state index contributed by atoms with van der Waals surface area (Å²) in [5.74, 6) is -3.32. The number of nitrogens with two attached hydrogens (primary N) is 1. The van der Waals surface area contributed by atoms with Gasteiger partial charge in [0.05, 0.1) is 4.92 Å². The summed E-state index contributed by atoms with van der Waals surface area (Å²) in [6.07, 6.45) is 1.53. The molecule has 1 fully saturated rings. The first-order chi connectivity index (χ1) is 9.95. The second-order valence-electron chi connectivity index (χ2n) is 5.01. The van der Waals surface area contributed by atoms with Gasteiger partial charge in [0.15, 0.2) is 0 Å². The second-order valence-corrected chi connectivity index (χ2v) is 5.01. The highest BCUT2D eigenvalue weighted by Crippen LogP contribution is 2.26. The SMILES string of the molecule is NCC1CCCN(C(=O)c2c(F)ccc([N+](=O)[O-])c2F)C1. The van der Waals surface area contributed by atoms with Gasteiger partial charge < -0.3 is 10.6 Å². The number of carbonyl (C=O) groups is 1. The van der Waals surface area contributed by atoms with E-state index >= 15 is 0 Å². The van der Waals surface area contributed by atoms with Crippen LogP contribution in [0.1, 0.15) is 23.2 Å². The maximum Gasteiger partial charge on any atom is 0.305 e. The Morgan fingerprint density at radius 1 is 1.48 bits per heavy atom. The molecule has 114 valence electrons. The van der Waals surface area contributed by atoms with Crippen LogP contribution < -0.4 is 5.73 Å². The maximum absolute atomic E-state index is 14.0. The molecule has 0 saturated carbocycles. The number of likely N-dealkylation sites (tertiary alicyclic amines) is 1. The van der Waals surface area contributed by atoms with Gasteiger partial charge in [0.1, 0.15) is 11.4 Å². The minimum absolute atomic E-state index is 0.0764. The first-order valence-corrected chi connectivity index (χ1v) is 6.57. The van der Waals surface area contributed by atoms with Gasteiger partial charge in [-0.3, -0.25) is 14.9 Å². The Morgan fingerprint density at radius 2 is 2.19 bits per heavy atom. The highest BCUT2D eigenvalue weighted by molar-refractivity contribution is 5.95. The molecule has 21 heavy (non-hydrogen) atoms. The molecule has 0 aliphatic carbocycles. The van der Waals surface area contributed by atoms with Crippen LogP contribution in [0.5, 0.6) is 0 Å². The van der Waals surface area contributed by atoms with Crippen LogP contribution in [0.2, 0.25) is 0 Å². The third-order valence-electron chi connectivity index (χ3n) is 3.62. The van der Waals surface area contributed by atoms with Gasteiger partial charge in [-0.15, -0.1) is 0 Å². The van der Waals surface area contributed by atoms with Crippen LogP contribution in [0.25, 0.3) is 0 Å². The van der Waals surface area contributed by atoms with Gasteiger partial charge in [-0.1, -0.05) is 0 Å². The first-order valence-electron chi connectivity index (χ1n) is 6.57. The summed E-state index contributed by atoms with van der Waals surface area (Å²) in [6, 6.07) is 1.44. The lowest BCUT2D eigenvalue weighted by molar-refractivity contribution is -0.387. The number of benzene rings is 1. The Morgan fingerprint density at radius 3 is 2.81 bits per heavy atom. The van der Waals surface area contributed by atoms with E-state index in [0.717, 1.165) is 12.5 Å². The van der Waals surface area contributed by atoms with E-state index in [4.69, 9.17) is 5.73 Å². The predicted molar refractivity (Wildman–Crippen MR) is 70.7 cm³/mol. The number of halogens is 2. The van der Waals surface area contributed by atoms with Crippen molar-refractivity contribution in [1.82, 2.24) is 4.90 Å². The molecule has 1 heterocycles. The van der Waals surface area contributed by atoms with E-state index in [1.54, 1.807) is 0 Å². The average molecular weight is 299 g/mol. The van der Waals surface area contributed by atoms with Crippen molar-refractivity contribution < 1.29 is 18.5 Å². The van der Waals surface area contributed by atoms with Crippen molar-refractivity contribution in [3.8, 4) is 0 Å². The number of nitrogens with zero attached hydrogens (tertiary/aromatic N) is 2. The third kappa shape index (κ3) is 2.99. The van der Waals surface area contributed by atoms with E-state index in [1.165, 1.54) is 4.90 Å². The minimum atomic E-state index is -1.43. The third-order valence-corrected chi connectivity index (χ3v) is 3.62. The minimum Gasteiger partial charge on any atom is -0.338 e. The van der Waals surface area contributed by atoms with E-state index in [0.29, 0.717) is 32.1 Å². The molecule has 0 aromatic heterocycles. The fourth-order valence-electron chi connectivity index (χ4n) is 2.48. The van der Waals surface area contributed by atoms with Crippen LogP contribution in [-0.4, -0.2) is 35.4 Å². The molecule has 2 N–H and O–H groups in total. The monoisotopic (exact) mass is 299 g/mol. The highest BCUT2D eigenvalue weighted by Gasteiger charge is 2.31. The van der Waals surface area contributed by atoms with Crippen LogP contribution in [0.3, 0.4) is 0 Å². The van der Waals surface area contributed by atoms with E-state index in [9.17, 15) is 23.7 Å². The average Bonchev–Trinajstić information content (AvgIpc) is 2.46. The Labute approximate surface area is 119 Å². The number of hydrogen-bond donors (Lipinski definition) is 1. The summed E-state index contributed by atoms with van der Waals surface area (Å²) < 4.78 is 27.8. The van der Waals surface area contributed by atoms with E-state index in [2.05, 4.69) is 0 Å². The van der Waals surface area contributed by atoms with Crippen molar-refractivity contribution in [1.29, 1.82) is 0 Å². The number of carbonyl (C=O) groups excluding carboxylic acids is 1. The molecule has 1 aromatic carbocycles. The maximum atomic E-state index is 14.0. The van der Waals surface area contributed by atoms with Gasteiger partial charge in [-0.2, -0.15) is 4.39 Å². The van der Waals surface area contributed by atoms with E-state index < -0.39 is 33.7 Å². The summed E-state index contributed by atoms with van der Waals surface area (Å²) in [6.45, 7) is 1.04. The topological polar surface area (TPSA) is 89.5 Å². The van der Waals surface area contributed by atoms with Crippen molar-refractivity contribution in [3.05, 3.63) is 39.4 Å². The summed E-state index contributed by atoms with van der Waals surface area (Å²) in [7, 11) is 0. The standard InChI is InChI=1S/C13H15F2N3O3/c14-9-3-4-10(18(20)21)12(15)11(9)13(19)17-5-1-2-8(6-16)7-17/h3-4,8H,1-2,5-7,16H2. The molecule has 8 heteroatoms. The summed E-state index contributed by atoms with van der Waals surface area (Å²) in [5.41, 5.74) is 3.77. The molecular weight excluding hydrogens is 284 g/mol. The smallest absolute Gasteiger partial charge is 0.305 e. The zero-order chi connectivity index (χ0) is 15.6. The number of piperidine rings is 1. The number of amides is 1. The Bertz CT molecular complexity index is 580. The van der Waals surface area contributed by atoms with Crippen molar-refractivity contribution in [3.63, 3.8) is 0 Å². The van der Waals surface area contributed by atoms with Gasteiger partial charge in [0.2, 0.25) is 5.82 Å². The fourth-order valence-corrected chi connectivity index (χ4v) is 2.48. The van der Waals surface area contributed by atoms with Gasteiger partial charge in [-0.05, 0) is 31.4 Å². The summed E-state index contributed by atoms with van der Waals surface area (Å²) in [4.78, 5) is 23.3. The predicted octanol–water partition coefficient (Wildman–Crippen LogP) is 1.68. The van der Waals surface area contributed by atoms with Gasteiger partial charge >= 0.3 is 5.69 Å². The van der Waals surface area contributed by atoms with Crippen molar-refractivity contribution in [2.45, 2.75) is 12.8 Å². The molecule has 1 unspecified atom stereocenters. The number of nitro groups is 1. The zero-order valence-corrected chi connectivity index (χ0v) is 11.2. The number of rotatable bonds is 3. The molecule has 1 aliphatic rings. The molecule has 1 aromatic rings. The lowest BCUT2D eigenvalue weighted by Gasteiger charge is -2.32. The highest BCUT2D eigenvalue weighted by atomic mass is 19.1. The second kappa shape index (κ2) is 6.13. The molecule has 1 saturated heterocycles. The quantitative estimate of drug-likeness (QED) is 0.679. The van der Waals surface area contributed by atoms with E-state index in [-0.39, 0.29) is 5.92 Å². The van der Waals surface area contributed by atoms with Crippen LogP contribution in [-0.2, 0) is 0 Å². The number of hydrogen-bond acceptors (Lipinski definition) is 4. The normalized spacial score (nSPS) is 18.6. The molecule has 2 rings (SSSR count). The Kier molecular flexibility index (Phi) is 4.46. The van der Waals surface area contributed by atoms with Crippen LogP contribution >= 0.6 is 0 Å². The Hall–Kier alpha value is -2.09. The van der Waals surface area contributed by atoms with Crippen molar-refractivity contribution >= 4 is 11.6 Å². The lowest BCUT2D eigenvalue weighted by Crippen LogP contribution is -2.42. The van der Waals surface area contributed by atoms with Crippen LogP contribution in [0.15, 0.2) is 12.1 Å². The molecule has 0 radical (unpaired) electrons. The van der Waals surface area contributed by atoms with Crippen LogP contribution in [0, 0.1) is 27.7 Å². The van der Waals surface area contributed by atoms with Gasteiger partial charge in [-0.25, -0.2) is 4.39 Å². The molecule has 0 spiro atoms. The Balaban J connectivity index is 2.34. The molecule has 1 amide bonds. The lowest BCUT2D eigenvalue weighted by atomic mass is 9.97. The molecule has 1 aliphatic heterocycles. The molecular formula is C13H15F2N3O3. The van der Waals surface area contributed by atoms with E-state index in [1.807, 2.05) is 0 Å². The fraction of sp³-hybridized carbons (Fsp3) is 0.462. The summed E-state index contributed by atoms with van der Waals surface area (Å²) in [5, 5.41) is 10.7. The van der Waals surface area contributed by atoms with Gasteiger partial charge in [0, 0.05) is 19.2 Å². The molecule has 6 nitrogen and oxygen atoms in total. The zero-order valence-electron chi connectivity index (χ0n) is 11.2. The van der Waals surface area contributed by atoms with Gasteiger partial charge in [0.25, 0.3) is 5.91 Å². The first kappa shape index (κ1) is 15.3. The number of nitro benzene ring substituents is 1. The molecule has 1 atom stereocenters. The largest absolute Gasteiger partial charge is 0.338 e.